The molecule has 1 aromatic carbocycles. The number of benzene rings is 1. The standard InChI is InChI=1S/C12H14Cl2N2/c1-12(8-15,16(2)3)7-9-4-5-10(13)11(14)6-9/h4-6H,7H2,1-3H3. The van der Waals surface area contributed by atoms with E-state index in [1.807, 2.05) is 38.1 Å². The lowest BCUT2D eigenvalue weighted by atomic mass is 9.93. The first-order valence-corrected chi connectivity index (χ1v) is 5.67. The van der Waals surface area contributed by atoms with E-state index in [2.05, 4.69) is 6.07 Å². The van der Waals surface area contributed by atoms with Crippen LogP contribution in [0.3, 0.4) is 0 Å². The highest BCUT2D eigenvalue weighted by atomic mass is 35.5. The van der Waals surface area contributed by atoms with E-state index in [9.17, 15) is 5.26 Å². The third-order valence-corrected chi connectivity index (χ3v) is 3.50. The summed E-state index contributed by atoms with van der Waals surface area (Å²) in [6.07, 6.45) is 0.618. The zero-order chi connectivity index (χ0) is 12.3. The lowest BCUT2D eigenvalue weighted by Crippen LogP contribution is -2.41. The molecule has 0 radical (unpaired) electrons. The summed E-state index contributed by atoms with van der Waals surface area (Å²) in [5, 5.41) is 10.3. The van der Waals surface area contributed by atoms with Crippen LogP contribution in [-0.2, 0) is 6.42 Å². The van der Waals surface area contributed by atoms with Gasteiger partial charge in [-0.25, -0.2) is 0 Å². The van der Waals surface area contributed by atoms with Crippen molar-refractivity contribution in [2.75, 3.05) is 14.1 Å². The maximum absolute atomic E-state index is 9.19. The van der Waals surface area contributed by atoms with Gasteiger partial charge < -0.3 is 0 Å². The topological polar surface area (TPSA) is 27.0 Å². The monoisotopic (exact) mass is 256 g/mol. The Morgan fingerprint density at radius 3 is 2.38 bits per heavy atom. The minimum absolute atomic E-state index is 0.526. The molecule has 0 saturated heterocycles. The molecule has 16 heavy (non-hydrogen) atoms. The normalized spacial score (nSPS) is 14.6. The van der Waals surface area contributed by atoms with Gasteiger partial charge >= 0.3 is 0 Å². The van der Waals surface area contributed by atoms with Gasteiger partial charge in [-0.2, -0.15) is 5.26 Å². The van der Waals surface area contributed by atoms with Crippen LogP contribution < -0.4 is 0 Å². The molecule has 0 fully saturated rings. The molecule has 4 heteroatoms. The Morgan fingerprint density at radius 1 is 1.31 bits per heavy atom. The van der Waals surface area contributed by atoms with E-state index in [4.69, 9.17) is 23.2 Å². The van der Waals surface area contributed by atoms with E-state index in [1.54, 1.807) is 6.07 Å². The van der Waals surface area contributed by atoms with Gasteiger partial charge in [-0.05, 0) is 38.7 Å². The number of nitrogens with zero attached hydrogens (tertiary/aromatic N) is 2. The number of rotatable bonds is 3. The predicted molar refractivity (Wildman–Crippen MR) is 67.9 cm³/mol. The quantitative estimate of drug-likeness (QED) is 0.829. The minimum atomic E-state index is -0.531. The summed E-state index contributed by atoms with van der Waals surface area (Å²) < 4.78 is 0. The first kappa shape index (κ1) is 13.3. The Kier molecular flexibility index (Phi) is 4.21. The summed E-state index contributed by atoms with van der Waals surface area (Å²) in [7, 11) is 3.78. The highest BCUT2D eigenvalue weighted by Crippen LogP contribution is 2.25. The van der Waals surface area contributed by atoms with Gasteiger partial charge in [0.1, 0.15) is 5.54 Å². The van der Waals surface area contributed by atoms with Gasteiger partial charge in [0.25, 0.3) is 0 Å². The van der Waals surface area contributed by atoms with E-state index in [-0.39, 0.29) is 0 Å². The summed E-state index contributed by atoms with van der Waals surface area (Å²) in [5.74, 6) is 0. The Labute approximate surface area is 106 Å². The van der Waals surface area contributed by atoms with Gasteiger partial charge in [0.05, 0.1) is 16.1 Å². The molecule has 1 atom stereocenters. The van der Waals surface area contributed by atoms with E-state index < -0.39 is 5.54 Å². The molecule has 0 aliphatic rings. The maximum atomic E-state index is 9.19. The molecule has 0 amide bonds. The van der Waals surface area contributed by atoms with Crippen molar-refractivity contribution in [1.82, 2.24) is 4.90 Å². The molecular formula is C12H14Cl2N2. The number of halogens is 2. The van der Waals surface area contributed by atoms with E-state index in [1.165, 1.54) is 0 Å². The van der Waals surface area contributed by atoms with Crippen molar-refractivity contribution in [2.45, 2.75) is 18.9 Å². The van der Waals surface area contributed by atoms with Gasteiger partial charge in [-0.1, -0.05) is 29.3 Å². The average molecular weight is 257 g/mol. The second kappa shape index (κ2) is 5.05. The molecule has 1 rings (SSSR count). The van der Waals surface area contributed by atoms with Gasteiger partial charge in [-0.15, -0.1) is 0 Å². The van der Waals surface area contributed by atoms with Gasteiger partial charge in [-0.3, -0.25) is 4.90 Å². The van der Waals surface area contributed by atoms with Crippen LogP contribution in [0.5, 0.6) is 0 Å². The van der Waals surface area contributed by atoms with E-state index >= 15 is 0 Å². The minimum Gasteiger partial charge on any atom is -0.292 e. The van der Waals surface area contributed by atoms with Gasteiger partial charge in [0.2, 0.25) is 0 Å². The molecule has 2 nitrogen and oxygen atoms in total. The van der Waals surface area contributed by atoms with Gasteiger partial charge in [0, 0.05) is 6.42 Å². The third kappa shape index (κ3) is 2.89. The van der Waals surface area contributed by atoms with Crippen LogP contribution in [0.1, 0.15) is 12.5 Å². The molecule has 0 N–H and O–H groups in total. The lowest BCUT2D eigenvalue weighted by Gasteiger charge is -2.29. The molecule has 1 aromatic rings. The molecular weight excluding hydrogens is 243 g/mol. The number of hydrogen-bond acceptors (Lipinski definition) is 2. The van der Waals surface area contributed by atoms with Crippen molar-refractivity contribution >= 4 is 23.2 Å². The summed E-state index contributed by atoms with van der Waals surface area (Å²) in [6.45, 7) is 1.90. The zero-order valence-corrected chi connectivity index (χ0v) is 11.1. The van der Waals surface area contributed by atoms with Crippen LogP contribution in [0.25, 0.3) is 0 Å². The van der Waals surface area contributed by atoms with Crippen LogP contribution in [0.2, 0.25) is 10.0 Å². The summed E-state index contributed by atoms with van der Waals surface area (Å²) in [4.78, 5) is 1.90. The Balaban J connectivity index is 2.96. The van der Waals surface area contributed by atoms with Crippen molar-refractivity contribution < 1.29 is 0 Å². The predicted octanol–water partition coefficient (Wildman–Crippen LogP) is 3.38. The molecule has 0 aliphatic heterocycles. The van der Waals surface area contributed by atoms with Crippen molar-refractivity contribution in [3.8, 4) is 6.07 Å². The van der Waals surface area contributed by atoms with Crippen LogP contribution in [0.15, 0.2) is 18.2 Å². The molecule has 0 bridgehead atoms. The van der Waals surface area contributed by atoms with Crippen molar-refractivity contribution in [2.24, 2.45) is 0 Å². The second-order valence-electron chi connectivity index (χ2n) is 4.21. The molecule has 0 heterocycles. The fraction of sp³-hybridized carbons (Fsp3) is 0.417. The van der Waals surface area contributed by atoms with E-state index in [0.29, 0.717) is 16.5 Å². The first-order valence-electron chi connectivity index (χ1n) is 4.91. The van der Waals surface area contributed by atoms with Crippen LogP contribution >= 0.6 is 23.2 Å². The molecule has 0 aliphatic carbocycles. The Morgan fingerprint density at radius 2 is 1.94 bits per heavy atom. The average Bonchev–Trinajstić information content (AvgIpc) is 2.23. The fourth-order valence-electron chi connectivity index (χ4n) is 1.34. The van der Waals surface area contributed by atoms with Crippen molar-refractivity contribution in [3.63, 3.8) is 0 Å². The second-order valence-corrected chi connectivity index (χ2v) is 5.02. The summed E-state index contributed by atoms with van der Waals surface area (Å²) in [6, 6.07) is 7.77. The highest BCUT2D eigenvalue weighted by molar-refractivity contribution is 6.42. The summed E-state index contributed by atoms with van der Waals surface area (Å²) in [5.41, 5.74) is 0.476. The van der Waals surface area contributed by atoms with Crippen molar-refractivity contribution in [1.29, 1.82) is 5.26 Å². The lowest BCUT2D eigenvalue weighted by molar-refractivity contribution is 0.237. The fourth-order valence-corrected chi connectivity index (χ4v) is 1.67. The molecule has 0 aromatic heterocycles. The Hall–Kier alpha value is -0.750. The van der Waals surface area contributed by atoms with Crippen LogP contribution in [0.4, 0.5) is 0 Å². The van der Waals surface area contributed by atoms with Crippen LogP contribution in [0, 0.1) is 11.3 Å². The zero-order valence-electron chi connectivity index (χ0n) is 9.59. The molecule has 86 valence electrons. The first-order chi connectivity index (χ1) is 7.39. The maximum Gasteiger partial charge on any atom is 0.109 e. The van der Waals surface area contributed by atoms with Crippen molar-refractivity contribution in [3.05, 3.63) is 33.8 Å². The smallest absolute Gasteiger partial charge is 0.109 e. The third-order valence-electron chi connectivity index (χ3n) is 2.76. The number of hydrogen-bond donors (Lipinski definition) is 0. The summed E-state index contributed by atoms with van der Waals surface area (Å²) >= 11 is 11.8. The largest absolute Gasteiger partial charge is 0.292 e. The van der Waals surface area contributed by atoms with E-state index in [0.717, 1.165) is 5.56 Å². The number of likely N-dealkylation sites (N-methyl/N-ethyl adjacent to an activating group) is 1. The SMILES string of the molecule is CN(C)C(C)(C#N)Cc1ccc(Cl)c(Cl)c1. The highest BCUT2D eigenvalue weighted by Gasteiger charge is 2.26. The molecule has 0 spiro atoms. The van der Waals surface area contributed by atoms with Crippen LogP contribution in [-0.4, -0.2) is 24.5 Å². The Bertz CT molecular complexity index is 424. The van der Waals surface area contributed by atoms with Gasteiger partial charge in [0.15, 0.2) is 0 Å². The molecule has 1 unspecified atom stereocenters. The molecule has 0 saturated carbocycles. The number of nitriles is 1.